The standard InChI is InChI=1S/C10H15NO2S/c1-7-4-5-9(14-7)8(2)11-6-10(12)13-3/h4-5,8,11H,6H2,1-3H3. The first kappa shape index (κ1) is 11.2. The first-order valence-electron chi connectivity index (χ1n) is 4.50. The smallest absolute Gasteiger partial charge is 0.319 e. The Morgan fingerprint density at radius 1 is 1.64 bits per heavy atom. The van der Waals surface area contributed by atoms with Crippen molar-refractivity contribution >= 4 is 17.3 Å². The summed E-state index contributed by atoms with van der Waals surface area (Å²) in [4.78, 5) is 13.4. The number of hydrogen-bond donors (Lipinski definition) is 1. The average Bonchev–Trinajstić information content (AvgIpc) is 2.60. The predicted octanol–water partition coefficient (Wildman–Crippen LogP) is 1.88. The SMILES string of the molecule is COC(=O)CNC(C)c1ccc(C)s1. The normalized spacial score (nSPS) is 12.5. The van der Waals surface area contributed by atoms with E-state index in [1.165, 1.54) is 16.9 Å². The monoisotopic (exact) mass is 213 g/mol. The predicted molar refractivity (Wildman–Crippen MR) is 57.5 cm³/mol. The fourth-order valence-corrected chi connectivity index (χ4v) is 2.00. The minimum Gasteiger partial charge on any atom is -0.468 e. The Morgan fingerprint density at radius 3 is 2.86 bits per heavy atom. The van der Waals surface area contributed by atoms with E-state index in [9.17, 15) is 4.79 Å². The zero-order valence-corrected chi connectivity index (χ0v) is 9.48. The number of methoxy groups -OCH3 is 1. The summed E-state index contributed by atoms with van der Waals surface area (Å²) in [5, 5.41) is 3.10. The zero-order valence-electron chi connectivity index (χ0n) is 8.66. The molecule has 0 amide bonds. The van der Waals surface area contributed by atoms with Crippen LogP contribution in [0.1, 0.15) is 22.7 Å². The second-order valence-electron chi connectivity index (χ2n) is 3.13. The highest BCUT2D eigenvalue weighted by Crippen LogP contribution is 2.21. The van der Waals surface area contributed by atoms with E-state index in [1.54, 1.807) is 11.3 Å². The van der Waals surface area contributed by atoms with Gasteiger partial charge in [-0.3, -0.25) is 10.1 Å². The number of thiophene rings is 1. The van der Waals surface area contributed by atoms with Crippen LogP contribution in [0.5, 0.6) is 0 Å². The van der Waals surface area contributed by atoms with Gasteiger partial charge in [-0.15, -0.1) is 11.3 Å². The topological polar surface area (TPSA) is 38.3 Å². The number of carbonyl (C=O) groups is 1. The first-order valence-corrected chi connectivity index (χ1v) is 5.31. The third kappa shape index (κ3) is 3.12. The number of rotatable bonds is 4. The fourth-order valence-electron chi connectivity index (χ4n) is 1.10. The highest BCUT2D eigenvalue weighted by molar-refractivity contribution is 7.12. The third-order valence-electron chi connectivity index (χ3n) is 1.97. The molecule has 0 aliphatic carbocycles. The van der Waals surface area contributed by atoms with Gasteiger partial charge in [-0.25, -0.2) is 0 Å². The fraction of sp³-hybridized carbons (Fsp3) is 0.500. The van der Waals surface area contributed by atoms with E-state index in [0.29, 0.717) is 0 Å². The lowest BCUT2D eigenvalue weighted by Crippen LogP contribution is -2.26. The molecule has 0 fully saturated rings. The molecule has 0 saturated carbocycles. The van der Waals surface area contributed by atoms with Gasteiger partial charge >= 0.3 is 5.97 Å². The van der Waals surface area contributed by atoms with Crippen LogP contribution in [0.3, 0.4) is 0 Å². The molecule has 0 saturated heterocycles. The molecule has 78 valence electrons. The molecule has 1 heterocycles. The average molecular weight is 213 g/mol. The van der Waals surface area contributed by atoms with E-state index >= 15 is 0 Å². The Hall–Kier alpha value is -0.870. The van der Waals surface area contributed by atoms with Gasteiger partial charge in [0.1, 0.15) is 0 Å². The van der Waals surface area contributed by atoms with E-state index in [2.05, 4.69) is 29.1 Å². The summed E-state index contributed by atoms with van der Waals surface area (Å²) in [6.45, 7) is 4.37. The van der Waals surface area contributed by atoms with Crippen LogP contribution in [-0.4, -0.2) is 19.6 Å². The Kier molecular flexibility index (Phi) is 4.10. The van der Waals surface area contributed by atoms with Crippen molar-refractivity contribution in [1.82, 2.24) is 5.32 Å². The molecule has 0 aliphatic rings. The van der Waals surface area contributed by atoms with Crippen LogP contribution < -0.4 is 5.32 Å². The van der Waals surface area contributed by atoms with Gasteiger partial charge in [0.2, 0.25) is 0 Å². The quantitative estimate of drug-likeness (QED) is 0.776. The van der Waals surface area contributed by atoms with Crippen molar-refractivity contribution in [3.05, 3.63) is 21.9 Å². The Labute approximate surface area is 88.1 Å². The van der Waals surface area contributed by atoms with E-state index in [0.717, 1.165) is 0 Å². The highest BCUT2D eigenvalue weighted by Gasteiger charge is 2.08. The molecule has 3 nitrogen and oxygen atoms in total. The number of carbonyl (C=O) groups excluding carboxylic acids is 1. The van der Waals surface area contributed by atoms with Gasteiger partial charge in [-0.1, -0.05) is 0 Å². The van der Waals surface area contributed by atoms with Crippen molar-refractivity contribution in [1.29, 1.82) is 0 Å². The maximum absolute atomic E-state index is 10.9. The van der Waals surface area contributed by atoms with Gasteiger partial charge in [-0.2, -0.15) is 0 Å². The Morgan fingerprint density at radius 2 is 2.36 bits per heavy atom. The van der Waals surface area contributed by atoms with Gasteiger partial charge < -0.3 is 4.74 Å². The van der Waals surface area contributed by atoms with Gasteiger partial charge in [0, 0.05) is 15.8 Å². The van der Waals surface area contributed by atoms with Gasteiger partial charge in [-0.05, 0) is 26.0 Å². The molecule has 1 aromatic heterocycles. The van der Waals surface area contributed by atoms with Crippen LogP contribution >= 0.6 is 11.3 Å². The molecule has 1 rings (SSSR count). The summed E-state index contributed by atoms with van der Waals surface area (Å²) in [5.41, 5.74) is 0. The Balaban J connectivity index is 2.42. The van der Waals surface area contributed by atoms with E-state index in [4.69, 9.17) is 0 Å². The van der Waals surface area contributed by atoms with E-state index in [1.807, 2.05) is 6.92 Å². The van der Waals surface area contributed by atoms with Crippen molar-refractivity contribution in [2.45, 2.75) is 19.9 Å². The van der Waals surface area contributed by atoms with Gasteiger partial charge in [0.15, 0.2) is 0 Å². The van der Waals surface area contributed by atoms with Crippen LogP contribution in [0.2, 0.25) is 0 Å². The van der Waals surface area contributed by atoms with E-state index < -0.39 is 0 Å². The molecule has 1 N–H and O–H groups in total. The summed E-state index contributed by atoms with van der Waals surface area (Å²) < 4.78 is 4.54. The van der Waals surface area contributed by atoms with Gasteiger partial charge in [0.05, 0.1) is 13.7 Å². The number of ether oxygens (including phenoxy) is 1. The molecule has 1 unspecified atom stereocenters. The third-order valence-corrected chi connectivity index (χ3v) is 3.15. The molecule has 0 bridgehead atoms. The van der Waals surface area contributed by atoms with Crippen LogP contribution in [0.25, 0.3) is 0 Å². The summed E-state index contributed by atoms with van der Waals surface area (Å²) in [6.07, 6.45) is 0. The second kappa shape index (κ2) is 5.12. The lowest BCUT2D eigenvalue weighted by atomic mass is 10.3. The van der Waals surface area contributed by atoms with Crippen LogP contribution in [0, 0.1) is 6.92 Å². The molecule has 0 radical (unpaired) electrons. The van der Waals surface area contributed by atoms with Crippen LogP contribution in [0.4, 0.5) is 0 Å². The molecule has 0 aliphatic heterocycles. The minimum atomic E-state index is -0.231. The molecule has 1 atom stereocenters. The highest BCUT2D eigenvalue weighted by atomic mass is 32.1. The minimum absolute atomic E-state index is 0.202. The summed E-state index contributed by atoms with van der Waals surface area (Å²) in [5.74, 6) is -0.231. The molecule has 14 heavy (non-hydrogen) atoms. The maximum Gasteiger partial charge on any atom is 0.319 e. The number of aryl methyl sites for hydroxylation is 1. The number of hydrogen-bond acceptors (Lipinski definition) is 4. The lowest BCUT2D eigenvalue weighted by molar-refractivity contribution is -0.139. The summed E-state index contributed by atoms with van der Waals surface area (Å²) in [7, 11) is 1.39. The molecular formula is C10H15NO2S. The largest absolute Gasteiger partial charge is 0.468 e. The molecular weight excluding hydrogens is 198 g/mol. The zero-order chi connectivity index (χ0) is 10.6. The summed E-state index contributed by atoms with van der Waals surface area (Å²) in [6, 6.07) is 4.36. The second-order valence-corrected chi connectivity index (χ2v) is 4.45. The van der Waals surface area contributed by atoms with Crippen LogP contribution in [0.15, 0.2) is 12.1 Å². The molecule has 0 aromatic carbocycles. The molecule has 0 spiro atoms. The van der Waals surface area contributed by atoms with Crippen molar-refractivity contribution < 1.29 is 9.53 Å². The molecule has 4 heteroatoms. The maximum atomic E-state index is 10.9. The van der Waals surface area contributed by atoms with Gasteiger partial charge in [0.25, 0.3) is 0 Å². The number of nitrogens with one attached hydrogen (secondary N) is 1. The van der Waals surface area contributed by atoms with Crippen molar-refractivity contribution in [2.75, 3.05) is 13.7 Å². The van der Waals surface area contributed by atoms with Crippen molar-refractivity contribution in [3.63, 3.8) is 0 Å². The van der Waals surface area contributed by atoms with Crippen molar-refractivity contribution in [2.24, 2.45) is 0 Å². The summed E-state index contributed by atoms with van der Waals surface area (Å²) >= 11 is 1.74. The van der Waals surface area contributed by atoms with Crippen molar-refractivity contribution in [3.8, 4) is 0 Å². The van der Waals surface area contributed by atoms with E-state index in [-0.39, 0.29) is 18.6 Å². The first-order chi connectivity index (χ1) is 6.63. The van der Waals surface area contributed by atoms with Crippen LogP contribution in [-0.2, 0) is 9.53 Å². The Bertz CT molecular complexity index is 309. The number of esters is 1. The molecule has 1 aromatic rings. The lowest BCUT2D eigenvalue weighted by Gasteiger charge is -2.10.